The van der Waals surface area contributed by atoms with Crippen LogP contribution in [0.1, 0.15) is 91.4 Å². The largest absolute Gasteiger partial charge is 1.00 e. The number of nitrogen functional groups attached to an aromatic ring is 1. The summed E-state index contributed by atoms with van der Waals surface area (Å²) in [6.45, 7) is 16.6. The van der Waals surface area contributed by atoms with E-state index in [9.17, 15) is 24.0 Å². The summed E-state index contributed by atoms with van der Waals surface area (Å²) in [7, 11) is 0. The van der Waals surface area contributed by atoms with E-state index < -0.39 is 0 Å². The maximum atomic E-state index is 11.5. The molecule has 29 heteroatoms. The molecule has 15 nitrogen and oxygen atoms in total. The molecule has 0 bridgehead atoms. The predicted molar refractivity (Wildman–Crippen MR) is 311 cm³/mol. The van der Waals surface area contributed by atoms with Crippen molar-refractivity contribution in [3.63, 3.8) is 0 Å². The number of morpholine rings is 1. The Morgan fingerprint density at radius 2 is 1.14 bits per heavy atom. The minimum Gasteiger partial charge on any atom is -0.855 e. The number of carbonyl (C=O) groups excluding carboxylic acids is 5. The molecular weight excluding hydrogens is 1220 g/mol. The third kappa shape index (κ3) is 23.8. The van der Waals surface area contributed by atoms with Crippen LogP contribution in [0.25, 0.3) is 19.1 Å². The van der Waals surface area contributed by atoms with Crippen molar-refractivity contribution in [2.75, 3.05) is 80.7 Å². The van der Waals surface area contributed by atoms with Crippen LogP contribution >= 0.6 is 154 Å². The number of carbonyl (C=O) groups is 5. The van der Waals surface area contributed by atoms with Crippen LogP contribution in [-0.4, -0.2) is 123 Å². The van der Waals surface area contributed by atoms with Gasteiger partial charge in [-0.1, -0.05) is 53.5 Å². The number of ketones is 5. The monoisotopic (exact) mass is 1270 g/mol. The van der Waals surface area contributed by atoms with E-state index in [4.69, 9.17) is 32.4 Å². The Hall–Kier alpha value is -1.01. The molecule has 384 valence electrons. The third-order valence-electron chi connectivity index (χ3n) is 7.88. The zero-order chi connectivity index (χ0) is 53.2. The normalized spacial score (nSPS) is 11.1. The number of nitriles is 1. The molecule has 1 aliphatic heterocycles. The number of hydrogen-bond donors (Lipinski definition) is 1. The Bertz CT molecular complexity index is 2660. The number of thiazole rings is 4. The molecule has 2 N–H and O–H groups in total. The number of aromatic nitrogens is 4. The summed E-state index contributed by atoms with van der Waals surface area (Å²) in [4.78, 5) is 82.2. The topological polar surface area (TPSA) is 235 Å². The molecule has 7 rings (SSSR count). The molecule has 0 saturated carbocycles. The summed E-state index contributed by atoms with van der Waals surface area (Å²) in [5, 5.41) is 18.0. The summed E-state index contributed by atoms with van der Waals surface area (Å²) < 4.78 is 12.0. The Labute approximate surface area is 496 Å². The van der Waals surface area contributed by atoms with Crippen molar-refractivity contribution in [2.45, 2.75) is 68.4 Å². The molecule has 0 radical (unpaired) electrons. The molecule has 0 unspecified atom stereocenters. The van der Waals surface area contributed by atoms with Gasteiger partial charge in [0, 0.05) is 26.9 Å². The zero-order valence-corrected chi connectivity index (χ0v) is 54.9. The SMILES string of the molecule is CC(=O)CCl.CC(=O)c1sc2nc(N3CCOCC3)sc2c1C.CC[O-].CSC(=NC#N)SC.CSc1nc(Br)c(C(C)=O)s1.CSc1nc(N)c(C(C)=O)s1.CSc1nc2sc(C(C)=O)c(C)c2s1.[Na+]. The average molecular weight is 1270 g/mol. The first kappa shape index (κ1) is 70.0. The number of alkyl halides is 1. The number of nitrogens with zero attached hydrogens (tertiary/aromatic N) is 7. The van der Waals surface area contributed by atoms with E-state index in [1.807, 2.05) is 45.1 Å². The van der Waals surface area contributed by atoms with Crippen LogP contribution in [0.15, 0.2) is 22.6 Å². The summed E-state index contributed by atoms with van der Waals surface area (Å²) in [5.74, 6) is 0.840. The van der Waals surface area contributed by atoms with Gasteiger partial charge >= 0.3 is 29.6 Å². The van der Waals surface area contributed by atoms with E-state index in [1.165, 1.54) is 99.2 Å². The fourth-order valence-electron chi connectivity index (χ4n) is 4.85. The second-order valence-corrected chi connectivity index (χ2v) is 25.1. The van der Waals surface area contributed by atoms with Crippen LogP contribution in [0.5, 0.6) is 0 Å². The number of Topliss-reactive ketones (excluding diaryl/α,β-unsaturated/α-hetero) is 5. The second-order valence-electron chi connectivity index (χ2n) is 13.1. The maximum Gasteiger partial charge on any atom is 1.00 e. The van der Waals surface area contributed by atoms with Gasteiger partial charge in [0.05, 0.1) is 38.2 Å². The van der Waals surface area contributed by atoms with Crippen molar-refractivity contribution in [3.05, 3.63) is 35.2 Å². The Balaban J connectivity index is 0.000000846. The smallest absolute Gasteiger partial charge is 0.855 e. The summed E-state index contributed by atoms with van der Waals surface area (Å²) >= 11 is 25.0. The fraction of sp³-hybridized carbons (Fsp3) is 0.452. The van der Waals surface area contributed by atoms with Crippen molar-refractivity contribution in [3.8, 4) is 6.19 Å². The number of ether oxygens (including phenoxy) is 1. The number of nitrogens with two attached hydrogens (primary N) is 1. The van der Waals surface area contributed by atoms with Gasteiger partial charge in [-0.3, -0.25) is 24.0 Å². The quantitative estimate of drug-likeness (QED) is 0.0270. The maximum absolute atomic E-state index is 11.5. The number of aliphatic imine (C=N–C) groups is 1. The first-order valence-electron chi connectivity index (χ1n) is 20.0. The van der Waals surface area contributed by atoms with Gasteiger partial charge in [0.15, 0.2) is 41.3 Å². The van der Waals surface area contributed by atoms with Gasteiger partial charge in [0.25, 0.3) is 0 Å². The van der Waals surface area contributed by atoms with Crippen LogP contribution < -0.4 is 45.3 Å². The molecule has 6 aromatic heterocycles. The van der Waals surface area contributed by atoms with Crippen molar-refractivity contribution in [1.29, 1.82) is 5.26 Å². The van der Waals surface area contributed by atoms with Crippen LogP contribution in [0.2, 0.25) is 0 Å². The average Bonchev–Trinajstić information content (AvgIpc) is 4.20. The molecule has 6 aromatic rings. The van der Waals surface area contributed by atoms with E-state index in [0.717, 1.165) is 84.1 Å². The van der Waals surface area contributed by atoms with Crippen molar-refractivity contribution >= 4 is 218 Å². The molecule has 0 spiro atoms. The number of aryl methyl sites for hydroxylation is 2. The molecule has 71 heavy (non-hydrogen) atoms. The first-order valence-corrected chi connectivity index (χ1v) is 32.4. The van der Waals surface area contributed by atoms with E-state index >= 15 is 0 Å². The number of anilines is 2. The van der Waals surface area contributed by atoms with E-state index in [-0.39, 0.29) is 71.0 Å². The number of fused-ring (bicyclic) bond motifs is 2. The van der Waals surface area contributed by atoms with Crippen LogP contribution in [0.3, 0.4) is 0 Å². The number of halogens is 2. The first-order chi connectivity index (χ1) is 33.1. The molecule has 0 atom stereocenters. The zero-order valence-electron chi connectivity index (χ0n) is 41.6. The minimum atomic E-state index is -0.0136. The second kappa shape index (κ2) is 37.7. The molecule has 1 aliphatic rings. The van der Waals surface area contributed by atoms with Crippen molar-refractivity contribution in [1.82, 2.24) is 19.9 Å². The number of thiophene rings is 2. The molecule has 1 fully saturated rings. The van der Waals surface area contributed by atoms with Crippen LogP contribution in [-0.2, 0) is 9.53 Å². The minimum absolute atomic E-state index is 0. The fourth-order valence-corrected chi connectivity index (χ4v) is 14.7. The summed E-state index contributed by atoms with van der Waals surface area (Å²) in [6.07, 6.45) is 11.4. The molecule has 7 heterocycles. The molecule has 0 aromatic carbocycles. The van der Waals surface area contributed by atoms with Crippen molar-refractivity contribution < 1.29 is 63.4 Å². The van der Waals surface area contributed by atoms with Gasteiger partial charge < -0.3 is 20.5 Å². The van der Waals surface area contributed by atoms with Gasteiger partial charge in [-0.2, -0.15) is 10.3 Å². The molecule has 1 saturated heterocycles. The van der Waals surface area contributed by atoms with Gasteiger partial charge in [-0.05, 0) is 93.0 Å². The van der Waals surface area contributed by atoms with E-state index in [2.05, 4.69) is 45.8 Å². The third-order valence-corrected chi connectivity index (χ3v) is 21.5. The number of hydrogen-bond acceptors (Lipinski definition) is 26. The van der Waals surface area contributed by atoms with Gasteiger partial charge in [-0.25, -0.2) is 19.9 Å². The van der Waals surface area contributed by atoms with E-state index in [1.54, 1.807) is 80.1 Å². The Morgan fingerprint density at radius 1 is 0.732 bits per heavy atom. The van der Waals surface area contributed by atoms with Gasteiger partial charge in [-0.15, -0.1) is 98.4 Å². The number of rotatable bonds is 9. The van der Waals surface area contributed by atoms with Crippen molar-refractivity contribution in [2.24, 2.45) is 4.99 Å². The van der Waals surface area contributed by atoms with E-state index in [0.29, 0.717) is 20.2 Å². The summed E-state index contributed by atoms with van der Waals surface area (Å²) in [5.41, 5.74) is 7.66. The Morgan fingerprint density at radius 3 is 1.45 bits per heavy atom. The molecular formula is C42H53BrClN8NaO7S11. The van der Waals surface area contributed by atoms with Gasteiger partial charge in [0.1, 0.15) is 40.0 Å². The van der Waals surface area contributed by atoms with Gasteiger partial charge in [0.2, 0.25) is 6.19 Å². The standard InChI is InChI=1S/C12H14N2O2S2.C9H9NOS3.C6H6BrNOS2.C6H8N2OS2.C4H6N2S2.C3H5ClO.C2H5O.Na/c1-7-9(8(2)15)17-11-10(7)18-12(13-11)14-3-5-16-6-4-14;1-4-6(5(2)11)13-8-7(4)14-9(10-8)12-3;2*1-3(9)4-5(7)8-6(10-2)11-4;1-7-4(8-2)6-3-5;1-3(5)2-4;1-2-3;/h3-6H2,1-2H3;1-3H3;1-2H3;7H2,1-2H3;1-2H3;2H2,1H3;2H2,1H3;/q;;;;;;-1;+1. The number of thioether (sulfide) groups is 5. The summed E-state index contributed by atoms with van der Waals surface area (Å²) in [6, 6.07) is 0. The van der Waals surface area contributed by atoms with Crippen LogP contribution in [0.4, 0.5) is 10.9 Å². The predicted octanol–water partition coefficient (Wildman–Crippen LogP) is 9.51. The molecule has 0 amide bonds. The molecule has 0 aliphatic carbocycles. The Kier molecular flexibility index (Phi) is 37.2. The van der Waals surface area contributed by atoms with Crippen LogP contribution in [0, 0.1) is 25.3 Å².